The maximum atomic E-state index is 12.8. The zero-order valence-electron chi connectivity index (χ0n) is 23.5. The highest BCUT2D eigenvalue weighted by molar-refractivity contribution is 7.87. The zero-order chi connectivity index (χ0) is 28.5. The highest BCUT2D eigenvalue weighted by atomic mass is 32.2. The molecule has 2 heterocycles. The molecule has 0 radical (unpaired) electrons. The summed E-state index contributed by atoms with van der Waals surface area (Å²) in [6.45, 7) is 7.05. The van der Waals surface area contributed by atoms with E-state index in [4.69, 9.17) is 0 Å². The molecule has 0 amide bonds. The molecular weight excluding hydrogens is 545 g/mol. The third kappa shape index (κ3) is 9.20. The largest absolute Gasteiger partial charge is 0.528 e. The maximum Gasteiger partial charge on any atom is 0.528 e. The van der Waals surface area contributed by atoms with Gasteiger partial charge in [0.15, 0.2) is 0 Å². The number of rotatable bonds is 15. The number of piperidine rings is 1. The number of likely N-dealkylation sites (tertiary alicyclic amines) is 1. The summed E-state index contributed by atoms with van der Waals surface area (Å²) in [7, 11) is -4.22. The number of quaternary nitrogens is 1. The first-order chi connectivity index (χ1) is 18.5. The van der Waals surface area contributed by atoms with E-state index in [1.54, 1.807) is 11.3 Å². The number of hydrogen-bond donors (Lipinski definition) is 0. The molecule has 3 rings (SSSR count). The second-order valence-corrected chi connectivity index (χ2v) is 13.5. The summed E-state index contributed by atoms with van der Waals surface area (Å²) in [5.41, 5.74) is -2.99. The van der Waals surface area contributed by atoms with Crippen LogP contribution in [0.15, 0.2) is 36.4 Å². The summed E-state index contributed by atoms with van der Waals surface area (Å²) >= 11 is 1.70. The second-order valence-electron chi connectivity index (χ2n) is 10.8. The van der Waals surface area contributed by atoms with Gasteiger partial charge in [0.2, 0.25) is 0 Å². The minimum Gasteiger partial charge on any atom is -0.372 e. The van der Waals surface area contributed by atoms with Crippen LogP contribution in [0.4, 0.5) is 18.9 Å². The Bertz CT molecular complexity index is 1100. The van der Waals surface area contributed by atoms with Crippen LogP contribution in [0, 0.1) is 0 Å². The smallest absolute Gasteiger partial charge is 0.372 e. The van der Waals surface area contributed by atoms with E-state index in [-0.39, 0.29) is 19.0 Å². The van der Waals surface area contributed by atoms with Crippen LogP contribution in [0.5, 0.6) is 0 Å². The Balaban J connectivity index is 1.61. The fourth-order valence-electron chi connectivity index (χ4n) is 5.14. The molecule has 1 fully saturated rings. The number of anilines is 1. The van der Waals surface area contributed by atoms with E-state index in [2.05, 4.69) is 59.4 Å². The summed E-state index contributed by atoms with van der Waals surface area (Å²) in [6, 6.07) is 13.0. The Labute approximate surface area is 236 Å². The molecule has 0 bridgehead atoms. The van der Waals surface area contributed by atoms with Crippen LogP contribution in [-0.4, -0.2) is 51.8 Å². The molecule has 10 heteroatoms. The van der Waals surface area contributed by atoms with Gasteiger partial charge in [0, 0.05) is 47.3 Å². The van der Waals surface area contributed by atoms with Crippen LogP contribution in [0.3, 0.4) is 0 Å². The first-order valence-corrected chi connectivity index (χ1v) is 16.5. The van der Waals surface area contributed by atoms with Crippen molar-refractivity contribution in [1.29, 1.82) is 0 Å². The van der Waals surface area contributed by atoms with Crippen molar-refractivity contribution in [2.75, 3.05) is 38.1 Å². The van der Waals surface area contributed by atoms with E-state index < -0.39 is 20.3 Å². The van der Waals surface area contributed by atoms with Crippen molar-refractivity contribution in [3.05, 3.63) is 41.3 Å². The molecule has 1 saturated heterocycles. The summed E-state index contributed by atoms with van der Waals surface area (Å²) in [4.78, 5) is 4.85. The highest BCUT2D eigenvalue weighted by Gasteiger charge is 2.53. The van der Waals surface area contributed by atoms with Gasteiger partial charge in [0.05, 0.1) is 0 Å². The van der Waals surface area contributed by atoms with Crippen LogP contribution >= 0.6 is 11.3 Å². The average Bonchev–Trinajstić information content (AvgIpc) is 3.37. The average molecular weight is 590 g/mol. The molecule has 0 spiro atoms. The third-order valence-electron chi connectivity index (χ3n) is 7.57. The van der Waals surface area contributed by atoms with Crippen molar-refractivity contribution in [3.63, 3.8) is 0 Å². The molecule has 0 saturated carbocycles. The van der Waals surface area contributed by atoms with Crippen molar-refractivity contribution < 1.29 is 30.5 Å². The lowest BCUT2D eigenvalue weighted by Gasteiger charge is -2.36. The van der Waals surface area contributed by atoms with E-state index in [0.717, 1.165) is 23.5 Å². The Hall–Kier alpha value is -1.62. The fourth-order valence-corrected chi connectivity index (χ4v) is 7.03. The Morgan fingerprint density at radius 1 is 0.897 bits per heavy atom. The van der Waals surface area contributed by atoms with Crippen LogP contribution in [0.2, 0.25) is 0 Å². The van der Waals surface area contributed by atoms with Crippen molar-refractivity contribution in [2.45, 2.75) is 89.5 Å². The van der Waals surface area contributed by atoms with E-state index in [0.29, 0.717) is 12.8 Å². The van der Waals surface area contributed by atoms with E-state index in [1.807, 2.05) is 0 Å². The normalized spacial score (nSPS) is 20.3. The number of thiophene rings is 1. The van der Waals surface area contributed by atoms with Crippen LogP contribution in [-0.2, 0) is 14.4 Å². The topological polar surface area (TPSA) is 46.6 Å². The molecular formula is C29H44F3N2O3S2+. The van der Waals surface area contributed by atoms with Crippen molar-refractivity contribution in [3.8, 4) is 10.4 Å². The number of unbranched alkanes of at least 4 members (excludes halogenated alkanes) is 6. The first-order valence-electron chi connectivity index (χ1n) is 14.3. The molecule has 1 aromatic carbocycles. The van der Waals surface area contributed by atoms with Gasteiger partial charge in [-0.3, -0.25) is 0 Å². The standard InChI is InChI=1S/C29H44F3N2O3S2/c1-4-6-8-10-20-33(21-11-9-7-5-2)26-14-12-24(13-15-26)27-16-17-28(38-27)25-18-22-34(3,23-19-25)37-39(35,36)29(30,31)32/h12-17,25H,4-11,18-23H2,1-3H3/q+1. The number of benzene rings is 1. The van der Waals surface area contributed by atoms with Gasteiger partial charge >= 0.3 is 15.6 Å². The molecule has 1 aliphatic heterocycles. The molecule has 220 valence electrons. The van der Waals surface area contributed by atoms with Crippen LogP contribution in [0.25, 0.3) is 10.4 Å². The first kappa shape index (κ1) is 31.9. The van der Waals surface area contributed by atoms with Gasteiger partial charge in [0.1, 0.15) is 20.1 Å². The predicted octanol–water partition coefficient (Wildman–Crippen LogP) is 8.49. The summed E-state index contributed by atoms with van der Waals surface area (Å²) in [5.74, 6) is 0.174. The van der Waals surface area contributed by atoms with Gasteiger partial charge in [-0.2, -0.15) is 26.2 Å². The van der Waals surface area contributed by atoms with Gasteiger partial charge in [-0.25, -0.2) is 0 Å². The molecule has 5 nitrogen and oxygen atoms in total. The number of alkyl halides is 3. The van der Waals surface area contributed by atoms with E-state index in [9.17, 15) is 21.6 Å². The molecule has 0 atom stereocenters. The summed E-state index contributed by atoms with van der Waals surface area (Å²) < 4.78 is 65.3. The van der Waals surface area contributed by atoms with Gasteiger partial charge in [-0.15, -0.1) is 11.3 Å². The van der Waals surface area contributed by atoms with E-state index >= 15 is 0 Å². The van der Waals surface area contributed by atoms with Gasteiger partial charge in [-0.05, 0) is 42.7 Å². The molecule has 1 aromatic heterocycles. The zero-order valence-corrected chi connectivity index (χ0v) is 25.1. The number of halogens is 3. The maximum absolute atomic E-state index is 12.8. The molecule has 39 heavy (non-hydrogen) atoms. The molecule has 0 aliphatic carbocycles. The fraction of sp³-hybridized carbons (Fsp3) is 0.655. The van der Waals surface area contributed by atoms with Gasteiger partial charge < -0.3 is 4.90 Å². The van der Waals surface area contributed by atoms with Gasteiger partial charge in [0.25, 0.3) is 0 Å². The van der Waals surface area contributed by atoms with Crippen molar-refractivity contribution >= 4 is 27.1 Å². The quantitative estimate of drug-likeness (QED) is 0.119. The monoisotopic (exact) mass is 589 g/mol. The minimum atomic E-state index is -5.62. The number of nitrogens with zero attached hydrogens (tertiary/aromatic N) is 2. The lowest BCUT2D eigenvalue weighted by atomic mass is 9.95. The Morgan fingerprint density at radius 3 is 1.97 bits per heavy atom. The minimum absolute atomic E-state index is 0.174. The lowest BCUT2D eigenvalue weighted by Crippen LogP contribution is -2.52. The summed E-state index contributed by atoms with van der Waals surface area (Å²) in [6.07, 6.45) is 11.1. The molecule has 1 aliphatic rings. The number of hydroxylamine groups is 3. The van der Waals surface area contributed by atoms with Crippen molar-refractivity contribution in [1.82, 2.24) is 0 Å². The van der Waals surface area contributed by atoms with Crippen molar-refractivity contribution in [2.24, 2.45) is 0 Å². The second kappa shape index (κ2) is 14.3. The lowest BCUT2D eigenvalue weighted by molar-refractivity contribution is -1.07. The van der Waals surface area contributed by atoms with Crippen LogP contribution < -0.4 is 4.90 Å². The molecule has 0 N–H and O–H groups in total. The van der Waals surface area contributed by atoms with Gasteiger partial charge in [-0.1, -0.05) is 68.8 Å². The summed E-state index contributed by atoms with van der Waals surface area (Å²) in [5, 5.41) is 0. The molecule has 2 aromatic rings. The Kier molecular flexibility index (Phi) is 11.7. The van der Waals surface area contributed by atoms with E-state index in [1.165, 1.54) is 69.0 Å². The molecule has 0 unspecified atom stereocenters. The number of hydrogen-bond acceptors (Lipinski definition) is 5. The highest BCUT2D eigenvalue weighted by Crippen LogP contribution is 2.39. The predicted molar refractivity (Wildman–Crippen MR) is 154 cm³/mol. The Morgan fingerprint density at radius 2 is 1.46 bits per heavy atom. The van der Waals surface area contributed by atoms with Crippen LogP contribution in [0.1, 0.15) is 88.9 Å². The SMILES string of the molecule is CCCCCCN(CCCCCC)c1ccc(-c2ccc(C3CC[N+](C)(OS(=O)(=O)C(F)(F)F)CC3)s2)cc1. The third-order valence-corrected chi connectivity index (χ3v) is 9.99.